The van der Waals surface area contributed by atoms with E-state index in [1.807, 2.05) is 11.3 Å². The zero-order valence-corrected chi connectivity index (χ0v) is 12.8. The summed E-state index contributed by atoms with van der Waals surface area (Å²) >= 11 is 1.85. The van der Waals surface area contributed by atoms with Crippen molar-refractivity contribution in [3.8, 4) is 0 Å². The number of anilines is 1. The Morgan fingerprint density at radius 1 is 1.20 bits per heavy atom. The van der Waals surface area contributed by atoms with Crippen molar-refractivity contribution >= 4 is 17.0 Å². The minimum Gasteiger partial charge on any atom is -0.374 e. The molecule has 0 bridgehead atoms. The Bertz CT molecular complexity index is 532. The van der Waals surface area contributed by atoms with Gasteiger partial charge in [0, 0.05) is 36.7 Å². The van der Waals surface area contributed by atoms with E-state index in [1.54, 1.807) is 0 Å². The summed E-state index contributed by atoms with van der Waals surface area (Å²) in [6.07, 6.45) is 3.81. The van der Waals surface area contributed by atoms with Gasteiger partial charge in [-0.15, -0.1) is 11.3 Å². The maximum Gasteiger partial charge on any atom is 0.0409 e. The molecule has 2 aromatic rings. The highest BCUT2D eigenvalue weighted by Crippen LogP contribution is 2.23. The molecule has 0 aliphatic heterocycles. The first kappa shape index (κ1) is 13.7. The van der Waals surface area contributed by atoms with Crippen LogP contribution in [0.1, 0.15) is 23.3 Å². The first-order valence-electron chi connectivity index (χ1n) is 7.38. The topological polar surface area (TPSA) is 15.3 Å². The second kappa shape index (κ2) is 6.42. The van der Waals surface area contributed by atoms with E-state index in [0.717, 1.165) is 25.6 Å². The molecule has 20 heavy (non-hydrogen) atoms. The van der Waals surface area contributed by atoms with Crippen molar-refractivity contribution in [1.82, 2.24) is 5.32 Å². The largest absolute Gasteiger partial charge is 0.374 e. The van der Waals surface area contributed by atoms with Crippen molar-refractivity contribution in [3.63, 3.8) is 0 Å². The Labute approximate surface area is 125 Å². The fraction of sp³-hybridized carbons (Fsp3) is 0.412. The number of thiophene rings is 1. The van der Waals surface area contributed by atoms with Crippen molar-refractivity contribution < 1.29 is 0 Å². The lowest BCUT2D eigenvalue weighted by Crippen LogP contribution is -2.23. The molecule has 3 heteroatoms. The molecule has 1 N–H and O–H groups in total. The standard InChI is InChI=1S/C17H22N2S/c1-19(11-10-16-6-4-12-20-16)17-7-3-2-5-14(17)13-18-15-8-9-15/h2-7,12,15,18H,8-11,13H2,1H3. The van der Waals surface area contributed by atoms with Gasteiger partial charge in [0.05, 0.1) is 0 Å². The molecule has 0 unspecified atom stereocenters. The lowest BCUT2D eigenvalue weighted by Gasteiger charge is -2.22. The van der Waals surface area contributed by atoms with Crippen LogP contribution < -0.4 is 10.2 Å². The van der Waals surface area contributed by atoms with Crippen LogP contribution in [0.3, 0.4) is 0 Å². The number of benzene rings is 1. The molecule has 1 heterocycles. The molecule has 1 aromatic heterocycles. The summed E-state index contributed by atoms with van der Waals surface area (Å²) in [5.74, 6) is 0. The molecule has 3 rings (SSSR count). The van der Waals surface area contributed by atoms with Crippen molar-refractivity contribution in [2.75, 3.05) is 18.5 Å². The zero-order valence-electron chi connectivity index (χ0n) is 12.0. The van der Waals surface area contributed by atoms with Crippen LogP contribution in [0.4, 0.5) is 5.69 Å². The first-order valence-corrected chi connectivity index (χ1v) is 8.26. The molecular formula is C17H22N2S. The third-order valence-corrected chi connectivity index (χ3v) is 4.77. The predicted molar refractivity (Wildman–Crippen MR) is 87.6 cm³/mol. The first-order chi connectivity index (χ1) is 9.83. The molecular weight excluding hydrogens is 264 g/mol. The molecule has 0 saturated heterocycles. The molecule has 1 aliphatic carbocycles. The van der Waals surface area contributed by atoms with Gasteiger partial charge in [-0.1, -0.05) is 24.3 Å². The number of hydrogen-bond acceptors (Lipinski definition) is 3. The van der Waals surface area contributed by atoms with Gasteiger partial charge in [0.1, 0.15) is 0 Å². The molecule has 1 aromatic carbocycles. The molecule has 2 nitrogen and oxygen atoms in total. The minimum atomic E-state index is 0.763. The molecule has 1 fully saturated rings. The number of nitrogens with one attached hydrogen (secondary N) is 1. The molecule has 1 saturated carbocycles. The number of rotatable bonds is 7. The highest BCUT2D eigenvalue weighted by atomic mass is 32.1. The van der Waals surface area contributed by atoms with Crippen LogP contribution in [-0.2, 0) is 13.0 Å². The fourth-order valence-corrected chi connectivity index (χ4v) is 3.13. The van der Waals surface area contributed by atoms with Crippen LogP contribution in [0.25, 0.3) is 0 Å². The van der Waals surface area contributed by atoms with Gasteiger partial charge in [0.2, 0.25) is 0 Å². The summed E-state index contributed by atoms with van der Waals surface area (Å²) < 4.78 is 0. The van der Waals surface area contributed by atoms with Crippen molar-refractivity contribution in [2.45, 2.75) is 31.8 Å². The number of likely N-dealkylation sites (N-methyl/N-ethyl adjacent to an activating group) is 1. The van der Waals surface area contributed by atoms with Gasteiger partial charge in [-0.05, 0) is 42.3 Å². The van der Waals surface area contributed by atoms with E-state index in [4.69, 9.17) is 0 Å². The van der Waals surface area contributed by atoms with Crippen LogP contribution in [0.15, 0.2) is 41.8 Å². The summed E-state index contributed by atoms with van der Waals surface area (Å²) in [7, 11) is 2.20. The third kappa shape index (κ3) is 3.62. The monoisotopic (exact) mass is 286 g/mol. The van der Waals surface area contributed by atoms with Gasteiger partial charge in [0.15, 0.2) is 0 Å². The van der Waals surface area contributed by atoms with Crippen LogP contribution >= 0.6 is 11.3 Å². The quantitative estimate of drug-likeness (QED) is 0.835. The Morgan fingerprint density at radius 2 is 2.05 bits per heavy atom. The zero-order chi connectivity index (χ0) is 13.8. The van der Waals surface area contributed by atoms with E-state index >= 15 is 0 Å². The van der Waals surface area contributed by atoms with Crippen molar-refractivity contribution in [2.24, 2.45) is 0 Å². The molecule has 0 radical (unpaired) electrons. The third-order valence-electron chi connectivity index (χ3n) is 3.84. The van der Waals surface area contributed by atoms with Gasteiger partial charge in [-0.2, -0.15) is 0 Å². The van der Waals surface area contributed by atoms with E-state index in [2.05, 4.69) is 59.0 Å². The Kier molecular flexibility index (Phi) is 4.38. The van der Waals surface area contributed by atoms with Crippen LogP contribution in [0, 0.1) is 0 Å². The molecule has 1 aliphatic rings. The van der Waals surface area contributed by atoms with Gasteiger partial charge >= 0.3 is 0 Å². The van der Waals surface area contributed by atoms with Crippen LogP contribution in [0.2, 0.25) is 0 Å². The average molecular weight is 286 g/mol. The summed E-state index contributed by atoms with van der Waals surface area (Å²) in [6.45, 7) is 2.06. The summed E-state index contributed by atoms with van der Waals surface area (Å²) in [5.41, 5.74) is 2.77. The summed E-state index contributed by atoms with van der Waals surface area (Å²) in [6, 6.07) is 13.9. The van der Waals surface area contributed by atoms with Crippen LogP contribution in [-0.4, -0.2) is 19.6 Å². The van der Waals surface area contributed by atoms with E-state index in [9.17, 15) is 0 Å². The van der Waals surface area contributed by atoms with Crippen molar-refractivity contribution in [1.29, 1.82) is 0 Å². The number of para-hydroxylation sites is 1. The molecule has 0 spiro atoms. The minimum absolute atomic E-state index is 0.763. The van der Waals surface area contributed by atoms with Gasteiger partial charge in [-0.25, -0.2) is 0 Å². The second-order valence-corrected chi connectivity index (χ2v) is 6.57. The van der Waals surface area contributed by atoms with E-state index < -0.39 is 0 Å². The van der Waals surface area contributed by atoms with E-state index in [0.29, 0.717) is 0 Å². The Hall–Kier alpha value is -1.32. The lowest BCUT2D eigenvalue weighted by molar-refractivity contribution is 0.685. The second-order valence-electron chi connectivity index (χ2n) is 5.53. The maximum atomic E-state index is 3.61. The average Bonchev–Trinajstić information content (AvgIpc) is 3.17. The molecule has 106 valence electrons. The van der Waals surface area contributed by atoms with E-state index in [-0.39, 0.29) is 0 Å². The van der Waals surface area contributed by atoms with Gasteiger partial charge < -0.3 is 10.2 Å². The fourth-order valence-electron chi connectivity index (χ4n) is 2.43. The molecule has 0 atom stereocenters. The normalized spacial score (nSPS) is 14.4. The van der Waals surface area contributed by atoms with Gasteiger partial charge in [-0.3, -0.25) is 0 Å². The number of hydrogen-bond donors (Lipinski definition) is 1. The number of nitrogens with zero attached hydrogens (tertiary/aromatic N) is 1. The Morgan fingerprint density at radius 3 is 2.80 bits per heavy atom. The Balaban J connectivity index is 1.61. The van der Waals surface area contributed by atoms with Crippen molar-refractivity contribution in [3.05, 3.63) is 52.2 Å². The summed E-state index contributed by atoms with van der Waals surface area (Å²) in [5, 5.41) is 5.77. The molecule has 0 amide bonds. The predicted octanol–water partition coefficient (Wildman–Crippen LogP) is 3.68. The smallest absolute Gasteiger partial charge is 0.0409 e. The van der Waals surface area contributed by atoms with E-state index in [1.165, 1.54) is 29.0 Å². The lowest BCUT2D eigenvalue weighted by atomic mass is 10.1. The van der Waals surface area contributed by atoms with Gasteiger partial charge in [0.25, 0.3) is 0 Å². The summed E-state index contributed by atoms with van der Waals surface area (Å²) in [4.78, 5) is 3.84. The SMILES string of the molecule is CN(CCc1cccs1)c1ccccc1CNC1CC1. The highest BCUT2D eigenvalue weighted by molar-refractivity contribution is 7.09. The highest BCUT2D eigenvalue weighted by Gasteiger charge is 2.20. The maximum absolute atomic E-state index is 3.61. The van der Waals surface area contributed by atoms with Crippen LogP contribution in [0.5, 0.6) is 0 Å².